The van der Waals surface area contributed by atoms with Gasteiger partial charge in [0.25, 0.3) is 5.91 Å². The summed E-state index contributed by atoms with van der Waals surface area (Å²) < 4.78 is 0. The molecule has 0 radical (unpaired) electrons. The van der Waals surface area contributed by atoms with E-state index < -0.39 is 5.91 Å². The molecule has 5 N–H and O–H groups in total. The van der Waals surface area contributed by atoms with Gasteiger partial charge in [-0.3, -0.25) is 14.4 Å². The predicted octanol–water partition coefficient (Wildman–Crippen LogP) is 7.96. The lowest BCUT2D eigenvalue weighted by atomic mass is 9.36. The van der Waals surface area contributed by atoms with Crippen LogP contribution in [0, 0.1) is 57.2 Å². The molecule has 7 nitrogen and oxygen atoms in total. The second-order valence-corrected chi connectivity index (χ2v) is 18.7. The number of nitrogens with two attached hydrogens (primary N) is 1. The van der Waals surface area contributed by atoms with Gasteiger partial charge in [-0.25, -0.2) is 0 Å². The minimum absolute atomic E-state index is 0.0509. The van der Waals surface area contributed by atoms with Crippen molar-refractivity contribution in [3.63, 3.8) is 0 Å². The summed E-state index contributed by atoms with van der Waals surface area (Å²) in [5.74, 6) is 2.46. The molecule has 0 saturated heterocycles. The fraction of sp³-hybridized carbons (Fsp3) is 0.622. The largest absolute Gasteiger partial charge is 0.393 e. The van der Waals surface area contributed by atoms with Crippen molar-refractivity contribution in [2.75, 3.05) is 0 Å². The van der Waals surface area contributed by atoms with E-state index in [1.807, 2.05) is 24.3 Å². The lowest BCUT2D eigenvalue weighted by Crippen LogP contribution is -2.64. The number of aliphatic hydroxyl groups is 1. The van der Waals surface area contributed by atoms with Crippen molar-refractivity contribution < 1.29 is 19.5 Å². The van der Waals surface area contributed by atoms with Crippen LogP contribution < -0.4 is 16.4 Å². The first kappa shape index (κ1) is 36.9. The average Bonchev–Trinajstić information content (AvgIpc) is 3.53. The number of rotatable bonds is 8. The van der Waals surface area contributed by atoms with Crippen molar-refractivity contribution in [1.82, 2.24) is 10.6 Å². The normalized spacial score (nSPS) is 37.4. The monoisotopic (exact) mass is 707 g/mol. The van der Waals surface area contributed by atoms with Gasteiger partial charge in [-0.1, -0.05) is 64.1 Å². The zero-order valence-electron chi connectivity index (χ0n) is 32.1. The molecule has 0 aromatic heterocycles. The van der Waals surface area contributed by atoms with Gasteiger partial charge in [0, 0.05) is 24.2 Å². The first-order valence-corrected chi connectivity index (χ1v) is 20.0. The molecule has 2 aromatic carbocycles. The third kappa shape index (κ3) is 5.94. The number of allylic oxidation sites excluding steroid dienone is 1. The predicted molar refractivity (Wildman–Crippen MR) is 205 cm³/mol. The van der Waals surface area contributed by atoms with Gasteiger partial charge in [-0.05, 0) is 158 Å². The van der Waals surface area contributed by atoms with Crippen LogP contribution in [0.25, 0.3) is 0 Å². The molecule has 5 aliphatic carbocycles. The Morgan fingerprint density at radius 3 is 2.12 bits per heavy atom. The van der Waals surface area contributed by atoms with E-state index >= 15 is 0 Å². The Kier molecular flexibility index (Phi) is 9.54. The van der Waals surface area contributed by atoms with Gasteiger partial charge >= 0.3 is 0 Å². The van der Waals surface area contributed by atoms with Gasteiger partial charge in [-0.2, -0.15) is 0 Å². The number of fused-ring (bicyclic) bond motifs is 7. The molecule has 7 rings (SSSR count). The third-order valence-electron chi connectivity index (χ3n) is 16.0. The molecule has 2 aromatic rings. The molecule has 10 atom stereocenters. The topological polar surface area (TPSA) is 122 Å². The highest BCUT2D eigenvalue weighted by atomic mass is 16.3. The third-order valence-corrected chi connectivity index (χ3v) is 16.0. The van der Waals surface area contributed by atoms with Gasteiger partial charge in [0.2, 0.25) is 11.8 Å². The number of hydrogen-bond acceptors (Lipinski definition) is 4. The summed E-state index contributed by atoms with van der Waals surface area (Å²) in [5, 5.41) is 17.4. The summed E-state index contributed by atoms with van der Waals surface area (Å²) in [6.45, 7) is 17.2. The minimum Gasteiger partial charge on any atom is -0.393 e. The molecule has 10 unspecified atom stereocenters. The number of nitrogens with one attached hydrogen (secondary N) is 2. The summed E-state index contributed by atoms with van der Waals surface area (Å²) in [5.41, 5.74) is 9.33. The van der Waals surface area contributed by atoms with E-state index in [2.05, 4.69) is 51.8 Å². The van der Waals surface area contributed by atoms with Crippen LogP contribution in [-0.4, -0.2) is 28.9 Å². The minimum atomic E-state index is -0.501. The number of hydrogen-bond donors (Lipinski definition) is 4. The van der Waals surface area contributed by atoms with Crippen LogP contribution in [0.5, 0.6) is 0 Å². The second kappa shape index (κ2) is 13.4. The summed E-state index contributed by atoms with van der Waals surface area (Å²) >= 11 is 0. The Hall–Kier alpha value is -3.45. The highest BCUT2D eigenvalue weighted by Gasteiger charge is 2.68. The number of primary amides is 1. The Morgan fingerprint density at radius 1 is 0.788 bits per heavy atom. The second-order valence-electron chi connectivity index (χ2n) is 18.7. The maximum atomic E-state index is 14.6. The van der Waals surface area contributed by atoms with Crippen molar-refractivity contribution in [3.05, 3.63) is 82.9 Å². The molecule has 7 heteroatoms. The summed E-state index contributed by atoms with van der Waals surface area (Å²) in [6.07, 6.45) is 10.6. The quantitative estimate of drug-likeness (QED) is 0.208. The summed E-state index contributed by atoms with van der Waals surface area (Å²) in [4.78, 5) is 39.3. The molecular weight excluding hydrogens is 647 g/mol. The van der Waals surface area contributed by atoms with Crippen LogP contribution in [0.2, 0.25) is 0 Å². The lowest BCUT2D eigenvalue weighted by Gasteiger charge is -2.69. The molecule has 52 heavy (non-hydrogen) atoms. The molecule has 0 aliphatic heterocycles. The fourth-order valence-electron chi connectivity index (χ4n) is 13.5. The zero-order valence-corrected chi connectivity index (χ0v) is 32.1. The van der Waals surface area contributed by atoms with Crippen molar-refractivity contribution in [3.8, 4) is 0 Å². The average molecular weight is 708 g/mol. The number of carbonyl (C=O) groups is 3. The molecule has 0 spiro atoms. The SMILES string of the molecule is C=C(C)C1CCC2(C(=O)NCc3cccc(C(=O)NCc4cccc(C(N)=O)c4)c3)CCC3C(CCC4C3(C)CCC3C(C)(C)C(O)CCC34C)C12. The molecule has 5 saturated carbocycles. The zero-order chi connectivity index (χ0) is 37.2. The van der Waals surface area contributed by atoms with Crippen molar-refractivity contribution in [2.45, 2.75) is 118 Å². The Balaban J connectivity index is 1.06. The first-order chi connectivity index (χ1) is 24.6. The van der Waals surface area contributed by atoms with E-state index in [-0.39, 0.29) is 46.1 Å². The lowest BCUT2D eigenvalue weighted by molar-refractivity contribution is -0.216. The van der Waals surface area contributed by atoms with Crippen LogP contribution in [0.1, 0.15) is 131 Å². The van der Waals surface area contributed by atoms with Gasteiger partial charge in [-0.15, -0.1) is 0 Å². The standard InChI is InChI=1S/C45H61N3O4/c1-27(2)32-15-21-45(41(52)48-26-29-10-8-12-31(24-29)40(51)47-25-28-9-7-11-30(23-28)39(46)50)22-16-34-33(38(32)45)13-14-36-43(34,5)19-17-35-42(3,4)37(49)18-20-44(35,36)6/h7-12,23-24,32-38,49H,1,13-22,25-26H2,2-6H3,(H2,46,50)(H,47,51)(H,48,52). The summed E-state index contributed by atoms with van der Waals surface area (Å²) in [7, 11) is 0. The fourth-order valence-corrected chi connectivity index (χ4v) is 13.5. The van der Waals surface area contributed by atoms with Crippen molar-refractivity contribution >= 4 is 17.7 Å². The van der Waals surface area contributed by atoms with Crippen LogP contribution >= 0.6 is 0 Å². The number of aliphatic hydroxyl groups excluding tert-OH is 1. The van der Waals surface area contributed by atoms with Gasteiger partial charge in [0.1, 0.15) is 0 Å². The molecule has 0 heterocycles. The van der Waals surface area contributed by atoms with E-state index in [9.17, 15) is 19.5 Å². The van der Waals surface area contributed by atoms with Crippen LogP contribution in [0.4, 0.5) is 0 Å². The highest BCUT2D eigenvalue weighted by molar-refractivity contribution is 5.95. The van der Waals surface area contributed by atoms with Gasteiger partial charge in [0.05, 0.1) is 11.5 Å². The van der Waals surface area contributed by atoms with Crippen LogP contribution in [0.3, 0.4) is 0 Å². The Labute approximate surface area is 311 Å². The Bertz CT molecular complexity index is 1750. The van der Waals surface area contributed by atoms with Crippen LogP contribution in [0.15, 0.2) is 60.7 Å². The van der Waals surface area contributed by atoms with E-state index in [1.54, 1.807) is 24.3 Å². The number of amides is 3. The maximum Gasteiger partial charge on any atom is 0.251 e. The van der Waals surface area contributed by atoms with Gasteiger partial charge in [0.15, 0.2) is 0 Å². The highest BCUT2D eigenvalue weighted by Crippen LogP contribution is 2.73. The number of benzene rings is 2. The first-order valence-electron chi connectivity index (χ1n) is 20.0. The molecule has 0 bridgehead atoms. The van der Waals surface area contributed by atoms with Crippen molar-refractivity contribution in [2.24, 2.45) is 62.9 Å². The molecular formula is C45H61N3O4. The van der Waals surface area contributed by atoms with E-state index in [1.165, 1.54) is 31.3 Å². The summed E-state index contributed by atoms with van der Waals surface area (Å²) in [6, 6.07) is 14.4. The smallest absolute Gasteiger partial charge is 0.251 e. The van der Waals surface area contributed by atoms with Crippen molar-refractivity contribution in [1.29, 1.82) is 0 Å². The molecule has 5 fully saturated rings. The van der Waals surface area contributed by atoms with E-state index in [0.29, 0.717) is 53.2 Å². The van der Waals surface area contributed by atoms with Crippen LogP contribution in [-0.2, 0) is 17.9 Å². The maximum absolute atomic E-state index is 14.6. The molecule has 5 aliphatic rings. The van der Waals surface area contributed by atoms with Gasteiger partial charge < -0.3 is 21.5 Å². The number of carbonyl (C=O) groups excluding carboxylic acids is 3. The molecule has 280 valence electrons. The Morgan fingerprint density at radius 2 is 1.42 bits per heavy atom. The molecule has 3 amide bonds. The van der Waals surface area contributed by atoms with E-state index in [0.717, 1.165) is 49.7 Å². The van der Waals surface area contributed by atoms with E-state index in [4.69, 9.17) is 5.73 Å².